The van der Waals surface area contributed by atoms with E-state index in [0.29, 0.717) is 26.2 Å². The zero-order valence-electron chi connectivity index (χ0n) is 16.4. The van der Waals surface area contributed by atoms with Crippen molar-refractivity contribution in [3.8, 4) is 0 Å². The Morgan fingerprint density at radius 1 is 0.720 bits per heavy atom. The number of rotatable bonds is 17. The lowest BCUT2D eigenvalue weighted by atomic mass is 10.1. The number of nitrogens with one attached hydrogen (secondary N) is 1. The van der Waals surface area contributed by atoms with Crippen molar-refractivity contribution in [2.75, 3.05) is 19.8 Å². The summed E-state index contributed by atoms with van der Waals surface area (Å²) in [5, 5.41) is 2.67. The number of esters is 1. The molecule has 0 bridgehead atoms. The van der Waals surface area contributed by atoms with E-state index in [1.807, 2.05) is 0 Å². The number of unbranched alkanes of at least 4 members (excludes halogenated alkanes) is 10. The van der Waals surface area contributed by atoms with Gasteiger partial charge in [0.2, 0.25) is 0 Å². The van der Waals surface area contributed by atoms with Crippen molar-refractivity contribution in [3.05, 3.63) is 0 Å². The van der Waals surface area contributed by atoms with Gasteiger partial charge in [-0.05, 0) is 26.2 Å². The van der Waals surface area contributed by atoms with E-state index in [1.165, 1.54) is 44.9 Å². The molecule has 0 aromatic carbocycles. The van der Waals surface area contributed by atoms with Gasteiger partial charge in [-0.25, -0.2) is 4.79 Å². The topological polar surface area (TPSA) is 64.6 Å². The molecule has 0 rings (SSSR count). The Balaban J connectivity index is 3.22. The van der Waals surface area contributed by atoms with E-state index >= 15 is 0 Å². The van der Waals surface area contributed by atoms with Gasteiger partial charge >= 0.3 is 12.1 Å². The highest BCUT2D eigenvalue weighted by molar-refractivity contribution is 5.69. The van der Waals surface area contributed by atoms with Gasteiger partial charge in [0.1, 0.15) is 0 Å². The van der Waals surface area contributed by atoms with Crippen LogP contribution in [0, 0.1) is 0 Å². The minimum atomic E-state index is -0.372. The number of hydrogen-bond donors (Lipinski definition) is 1. The predicted molar refractivity (Wildman–Crippen MR) is 102 cm³/mol. The maximum atomic E-state index is 11.6. The molecule has 0 saturated heterocycles. The molecule has 5 nitrogen and oxygen atoms in total. The van der Waals surface area contributed by atoms with Gasteiger partial charge in [-0.15, -0.1) is 0 Å². The van der Waals surface area contributed by atoms with Crippen molar-refractivity contribution < 1.29 is 19.1 Å². The number of ether oxygens (including phenoxy) is 2. The first-order valence-electron chi connectivity index (χ1n) is 10.3. The largest absolute Gasteiger partial charge is 0.466 e. The molecule has 0 radical (unpaired) electrons. The van der Waals surface area contributed by atoms with Crippen LogP contribution < -0.4 is 5.32 Å². The molecule has 0 unspecified atom stereocenters. The van der Waals surface area contributed by atoms with Crippen molar-refractivity contribution in [1.29, 1.82) is 0 Å². The Labute approximate surface area is 154 Å². The van der Waals surface area contributed by atoms with E-state index in [0.717, 1.165) is 32.1 Å². The van der Waals surface area contributed by atoms with Crippen molar-refractivity contribution in [1.82, 2.24) is 5.32 Å². The summed E-state index contributed by atoms with van der Waals surface area (Å²) in [6, 6.07) is 0. The van der Waals surface area contributed by atoms with Gasteiger partial charge in [0, 0.05) is 13.0 Å². The summed E-state index contributed by atoms with van der Waals surface area (Å²) in [5.41, 5.74) is 0. The average Bonchev–Trinajstić information content (AvgIpc) is 2.60. The van der Waals surface area contributed by atoms with Gasteiger partial charge in [0.05, 0.1) is 13.2 Å². The van der Waals surface area contributed by atoms with E-state index in [4.69, 9.17) is 9.47 Å². The number of alkyl carbamates (subject to hydrolysis) is 1. The van der Waals surface area contributed by atoms with Crippen molar-refractivity contribution >= 4 is 12.1 Å². The molecule has 0 heterocycles. The summed E-state index contributed by atoms with van der Waals surface area (Å²) in [5.74, 6) is -0.0992. The minimum Gasteiger partial charge on any atom is -0.466 e. The molecular formula is C20H39NO4. The Morgan fingerprint density at radius 3 is 1.96 bits per heavy atom. The highest BCUT2D eigenvalue weighted by Gasteiger charge is 2.03. The number of amides is 1. The molecule has 0 atom stereocenters. The normalized spacial score (nSPS) is 10.5. The lowest BCUT2D eigenvalue weighted by Gasteiger charge is -2.06. The Hall–Kier alpha value is -1.26. The molecule has 1 amide bonds. The SMILES string of the molecule is CCCCCCCCCCCOC(=O)CCCCCNC(=O)OCC. The molecule has 25 heavy (non-hydrogen) atoms. The first-order valence-corrected chi connectivity index (χ1v) is 10.3. The summed E-state index contributed by atoms with van der Waals surface area (Å²) in [4.78, 5) is 22.6. The molecule has 0 saturated carbocycles. The van der Waals surface area contributed by atoms with Crippen LogP contribution in [-0.2, 0) is 14.3 Å². The van der Waals surface area contributed by atoms with Gasteiger partial charge in [0.15, 0.2) is 0 Å². The van der Waals surface area contributed by atoms with Gasteiger partial charge in [-0.1, -0.05) is 64.7 Å². The van der Waals surface area contributed by atoms with Crippen LogP contribution in [-0.4, -0.2) is 31.8 Å². The Morgan fingerprint density at radius 2 is 1.32 bits per heavy atom. The van der Waals surface area contributed by atoms with Crippen LogP contribution in [0.2, 0.25) is 0 Å². The van der Waals surface area contributed by atoms with Crippen molar-refractivity contribution in [2.24, 2.45) is 0 Å². The van der Waals surface area contributed by atoms with E-state index in [-0.39, 0.29) is 12.1 Å². The van der Waals surface area contributed by atoms with E-state index in [1.54, 1.807) is 6.92 Å². The molecule has 0 aromatic rings. The maximum absolute atomic E-state index is 11.6. The molecular weight excluding hydrogens is 318 g/mol. The summed E-state index contributed by atoms with van der Waals surface area (Å²) in [6.07, 6.45) is 14.1. The first kappa shape index (κ1) is 23.7. The number of carbonyl (C=O) groups excluding carboxylic acids is 2. The second-order valence-corrected chi connectivity index (χ2v) is 6.51. The van der Waals surface area contributed by atoms with Crippen LogP contribution >= 0.6 is 0 Å². The molecule has 0 aliphatic heterocycles. The maximum Gasteiger partial charge on any atom is 0.407 e. The monoisotopic (exact) mass is 357 g/mol. The number of hydrogen-bond acceptors (Lipinski definition) is 4. The van der Waals surface area contributed by atoms with Crippen LogP contribution in [0.1, 0.15) is 97.3 Å². The fourth-order valence-corrected chi connectivity index (χ4v) is 2.61. The summed E-state index contributed by atoms with van der Waals surface area (Å²) in [7, 11) is 0. The smallest absolute Gasteiger partial charge is 0.407 e. The Kier molecular flexibility index (Phi) is 18.1. The fraction of sp³-hybridized carbons (Fsp3) is 0.900. The lowest BCUT2D eigenvalue weighted by Crippen LogP contribution is -2.25. The summed E-state index contributed by atoms with van der Waals surface area (Å²) < 4.78 is 10.0. The van der Waals surface area contributed by atoms with E-state index in [9.17, 15) is 9.59 Å². The first-order chi connectivity index (χ1) is 12.2. The third-order valence-electron chi connectivity index (χ3n) is 4.11. The minimum absolute atomic E-state index is 0.0992. The fourth-order valence-electron chi connectivity index (χ4n) is 2.61. The standard InChI is InChI=1S/C20H39NO4/c1-3-5-6-7-8-9-10-11-15-18-25-19(22)16-13-12-14-17-21-20(23)24-4-2/h3-18H2,1-2H3,(H,21,23). The number of carbonyl (C=O) groups is 2. The molecule has 0 fully saturated rings. The van der Waals surface area contributed by atoms with Crippen molar-refractivity contribution in [2.45, 2.75) is 97.3 Å². The van der Waals surface area contributed by atoms with Crippen LogP contribution in [0.4, 0.5) is 4.79 Å². The second-order valence-electron chi connectivity index (χ2n) is 6.51. The molecule has 0 aliphatic carbocycles. The van der Waals surface area contributed by atoms with Crippen LogP contribution in [0.15, 0.2) is 0 Å². The van der Waals surface area contributed by atoms with Crippen molar-refractivity contribution in [3.63, 3.8) is 0 Å². The van der Waals surface area contributed by atoms with Crippen LogP contribution in [0.5, 0.6) is 0 Å². The highest BCUT2D eigenvalue weighted by Crippen LogP contribution is 2.09. The molecule has 0 aromatic heterocycles. The lowest BCUT2D eigenvalue weighted by molar-refractivity contribution is -0.143. The average molecular weight is 358 g/mol. The molecule has 148 valence electrons. The van der Waals surface area contributed by atoms with Gasteiger partial charge < -0.3 is 14.8 Å². The van der Waals surface area contributed by atoms with Gasteiger partial charge in [-0.3, -0.25) is 4.79 Å². The third kappa shape index (κ3) is 18.9. The predicted octanol–water partition coefficient (Wildman–Crippen LogP) is 5.37. The molecule has 5 heteroatoms. The molecule has 1 N–H and O–H groups in total. The Bertz CT molecular complexity index is 321. The molecule has 0 aliphatic rings. The highest BCUT2D eigenvalue weighted by atomic mass is 16.5. The van der Waals surface area contributed by atoms with Gasteiger partial charge in [0.25, 0.3) is 0 Å². The second kappa shape index (κ2) is 19.1. The zero-order chi connectivity index (χ0) is 18.6. The summed E-state index contributed by atoms with van der Waals surface area (Å²) >= 11 is 0. The quantitative estimate of drug-likeness (QED) is 0.281. The van der Waals surface area contributed by atoms with E-state index in [2.05, 4.69) is 12.2 Å². The zero-order valence-corrected chi connectivity index (χ0v) is 16.4. The van der Waals surface area contributed by atoms with Crippen LogP contribution in [0.3, 0.4) is 0 Å². The third-order valence-corrected chi connectivity index (χ3v) is 4.11. The van der Waals surface area contributed by atoms with E-state index < -0.39 is 0 Å². The summed E-state index contributed by atoms with van der Waals surface area (Å²) in [6.45, 7) is 5.55. The van der Waals surface area contributed by atoms with Crippen LogP contribution in [0.25, 0.3) is 0 Å². The molecule has 0 spiro atoms. The van der Waals surface area contributed by atoms with Gasteiger partial charge in [-0.2, -0.15) is 0 Å².